The second-order valence-corrected chi connectivity index (χ2v) is 6.57. The third kappa shape index (κ3) is 4.14. The van der Waals surface area contributed by atoms with Crippen molar-refractivity contribution in [3.63, 3.8) is 0 Å². The smallest absolute Gasteiger partial charge is 0.319 e. The molecule has 3 aromatic rings. The molecule has 2 N–H and O–H groups in total. The highest BCUT2D eigenvalue weighted by atomic mass is 19.1. The zero-order valence-electron chi connectivity index (χ0n) is 16.3. The zero-order valence-corrected chi connectivity index (χ0v) is 16.3. The van der Waals surface area contributed by atoms with Crippen LogP contribution in [-0.2, 0) is 0 Å². The van der Waals surface area contributed by atoms with E-state index in [1.165, 1.54) is 13.2 Å². The molecule has 0 saturated carbocycles. The number of ether oxygens (including phenoxy) is 1. The van der Waals surface area contributed by atoms with Crippen molar-refractivity contribution in [2.45, 2.75) is 26.8 Å². The molecule has 146 valence electrons. The number of anilines is 1. The summed E-state index contributed by atoms with van der Waals surface area (Å²) in [5, 5.41) is 10.1. The molecule has 0 bridgehead atoms. The Hall–Kier alpha value is -3.35. The molecule has 28 heavy (non-hydrogen) atoms. The Morgan fingerprint density at radius 2 is 1.93 bits per heavy atom. The third-order valence-electron chi connectivity index (χ3n) is 4.41. The highest BCUT2D eigenvalue weighted by molar-refractivity contribution is 5.91. The van der Waals surface area contributed by atoms with E-state index in [1.807, 2.05) is 44.2 Å². The van der Waals surface area contributed by atoms with Crippen LogP contribution in [0.3, 0.4) is 0 Å². The highest BCUT2D eigenvalue weighted by Gasteiger charge is 2.15. The van der Waals surface area contributed by atoms with E-state index in [4.69, 9.17) is 4.74 Å². The molecule has 0 fully saturated rings. The first-order chi connectivity index (χ1) is 13.4. The maximum Gasteiger partial charge on any atom is 0.319 e. The van der Waals surface area contributed by atoms with Crippen molar-refractivity contribution in [1.29, 1.82) is 0 Å². The second kappa shape index (κ2) is 8.12. The fraction of sp³-hybridized carbons (Fsp3) is 0.238. The van der Waals surface area contributed by atoms with E-state index in [0.29, 0.717) is 11.3 Å². The summed E-state index contributed by atoms with van der Waals surface area (Å²) >= 11 is 0. The number of nitrogens with one attached hydrogen (secondary N) is 2. The number of methoxy groups -OCH3 is 1. The molecule has 7 heteroatoms. The molecule has 0 aliphatic rings. The van der Waals surface area contributed by atoms with Gasteiger partial charge in [0.1, 0.15) is 0 Å². The Morgan fingerprint density at radius 1 is 1.18 bits per heavy atom. The number of aryl methyl sites for hydroxylation is 2. The van der Waals surface area contributed by atoms with Gasteiger partial charge in [0.2, 0.25) is 0 Å². The van der Waals surface area contributed by atoms with E-state index in [-0.39, 0.29) is 11.8 Å². The van der Waals surface area contributed by atoms with Crippen LogP contribution in [0.2, 0.25) is 0 Å². The molecular weight excluding hydrogens is 359 g/mol. The molecule has 0 radical (unpaired) electrons. The number of hydrogen-bond donors (Lipinski definition) is 2. The SMILES string of the molecule is COc1ccc([C@H](C)NC(=O)Nc2ccccc2-n2nc(C)cc2C)cc1F. The summed E-state index contributed by atoms with van der Waals surface area (Å²) in [6, 6.07) is 13.2. The van der Waals surface area contributed by atoms with E-state index < -0.39 is 11.8 Å². The molecule has 6 nitrogen and oxygen atoms in total. The molecule has 1 heterocycles. The Bertz CT molecular complexity index is 1000. The minimum Gasteiger partial charge on any atom is -0.494 e. The number of carbonyl (C=O) groups is 1. The topological polar surface area (TPSA) is 68.2 Å². The lowest BCUT2D eigenvalue weighted by Gasteiger charge is -2.17. The van der Waals surface area contributed by atoms with Crippen LogP contribution in [0.4, 0.5) is 14.9 Å². The zero-order chi connectivity index (χ0) is 20.3. The van der Waals surface area contributed by atoms with Gasteiger partial charge in [-0.3, -0.25) is 0 Å². The fourth-order valence-corrected chi connectivity index (χ4v) is 3.03. The van der Waals surface area contributed by atoms with Crippen molar-refractivity contribution < 1.29 is 13.9 Å². The van der Waals surface area contributed by atoms with Gasteiger partial charge in [0, 0.05) is 5.69 Å². The van der Waals surface area contributed by atoms with Crippen molar-refractivity contribution in [1.82, 2.24) is 15.1 Å². The van der Waals surface area contributed by atoms with Crippen LogP contribution in [0.25, 0.3) is 5.69 Å². The van der Waals surface area contributed by atoms with Gasteiger partial charge in [-0.15, -0.1) is 0 Å². The van der Waals surface area contributed by atoms with E-state index in [2.05, 4.69) is 15.7 Å². The van der Waals surface area contributed by atoms with Gasteiger partial charge in [-0.05, 0) is 56.7 Å². The van der Waals surface area contributed by atoms with Gasteiger partial charge in [-0.25, -0.2) is 13.9 Å². The van der Waals surface area contributed by atoms with E-state index in [1.54, 1.807) is 23.7 Å². The number of aromatic nitrogens is 2. The number of amides is 2. The Labute approximate surface area is 163 Å². The second-order valence-electron chi connectivity index (χ2n) is 6.57. The summed E-state index contributed by atoms with van der Waals surface area (Å²) in [6.07, 6.45) is 0. The molecule has 3 rings (SSSR count). The quantitative estimate of drug-likeness (QED) is 0.682. The maximum atomic E-state index is 13.9. The lowest BCUT2D eigenvalue weighted by atomic mass is 10.1. The van der Waals surface area contributed by atoms with Crippen LogP contribution >= 0.6 is 0 Å². The van der Waals surface area contributed by atoms with Gasteiger partial charge in [-0.2, -0.15) is 5.10 Å². The van der Waals surface area contributed by atoms with E-state index >= 15 is 0 Å². The molecular formula is C21H23FN4O2. The third-order valence-corrected chi connectivity index (χ3v) is 4.41. The summed E-state index contributed by atoms with van der Waals surface area (Å²) in [5.41, 5.74) is 3.90. The lowest BCUT2D eigenvalue weighted by Crippen LogP contribution is -2.31. The summed E-state index contributed by atoms with van der Waals surface area (Å²) in [6.45, 7) is 5.66. The number of para-hydroxylation sites is 2. The maximum absolute atomic E-state index is 13.9. The minimum absolute atomic E-state index is 0.166. The first-order valence-corrected chi connectivity index (χ1v) is 8.92. The van der Waals surface area contributed by atoms with E-state index in [9.17, 15) is 9.18 Å². The molecule has 0 unspecified atom stereocenters. The predicted molar refractivity (Wildman–Crippen MR) is 107 cm³/mol. The van der Waals surface area contributed by atoms with Crippen molar-refractivity contribution in [3.05, 3.63) is 71.3 Å². The largest absolute Gasteiger partial charge is 0.494 e. The first-order valence-electron chi connectivity index (χ1n) is 8.92. The average Bonchev–Trinajstić information content (AvgIpc) is 3.00. The monoisotopic (exact) mass is 382 g/mol. The number of carbonyl (C=O) groups excluding carboxylic acids is 1. The molecule has 2 aromatic carbocycles. The van der Waals surface area contributed by atoms with Crippen molar-refractivity contribution >= 4 is 11.7 Å². The van der Waals surface area contributed by atoms with Crippen LogP contribution in [0, 0.1) is 19.7 Å². The van der Waals surface area contributed by atoms with Crippen LogP contribution in [0.5, 0.6) is 5.75 Å². The van der Waals surface area contributed by atoms with Gasteiger partial charge in [0.05, 0.1) is 30.2 Å². The Morgan fingerprint density at radius 3 is 2.57 bits per heavy atom. The predicted octanol–water partition coefficient (Wildman–Crippen LogP) is 4.52. The molecule has 1 aromatic heterocycles. The van der Waals surface area contributed by atoms with Gasteiger partial charge in [-0.1, -0.05) is 18.2 Å². The summed E-state index contributed by atoms with van der Waals surface area (Å²) in [7, 11) is 1.41. The lowest BCUT2D eigenvalue weighted by molar-refractivity contribution is 0.249. The van der Waals surface area contributed by atoms with Gasteiger partial charge >= 0.3 is 6.03 Å². The van der Waals surface area contributed by atoms with Crippen LogP contribution < -0.4 is 15.4 Å². The van der Waals surface area contributed by atoms with Gasteiger partial charge in [0.25, 0.3) is 0 Å². The normalized spacial score (nSPS) is 11.8. The van der Waals surface area contributed by atoms with Crippen molar-refractivity contribution in [3.8, 4) is 11.4 Å². The van der Waals surface area contributed by atoms with Gasteiger partial charge in [0.15, 0.2) is 11.6 Å². The molecule has 0 aliphatic heterocycles. The standard InChI is InChI=1S/C21H23FN4O2/c1-13-11-14(2)26(25-13)19-8-6-5-7-18(19)24-21(27)23-15(3)16-9-10-20(28-4)17(22)12-16/h5-12,15H,1-4H3,(H2,23,24,27)/t15-/m0/s1. The number of halogens is 1. The number of hydrogen-bond acceptors (Lipinski definition) is 3. The number of urea groups is 1. The number of benzene rings is 2. The Balaban J connectivity index is 1.75. The molecule has 1 atom stereocenters. The Kier molecular flexibility index (Phi) is 5.63. The van der Waals surface area contributed by atoms with Crippen LogP contribution in [0.15, 0.2) is 48.5 Å². The van der Waals surface area contributed by atoms with Gasteiger partial charge < -0.3 is 15.4 Å². The summed E-state index contributed by atoms with van der Waals surface area (Å²) in [5.74, 6) is -0.303. The van der Waals surface area contributed by atoms with Crippen molar-refractivity contribution in [2.24, 2.45) is 0 Å². The van der Waals surface area contributed by atoms with Crippen LogP contribution in [0.1, 0.15) is 29.9 Å². The van der Waals surface area contributed by atoms with Crippen molar-refractivity contribution in [2.75, 3.05) is 12.4 Å². The molecule has 0 spiro atoms. The summed E-state index contributed by atoms with van der Waals surface area (Å²) < 4.78 is 20.6. The molecule has 0 aliphatic carbocycles. The average molecular weight is 382 g/mol. The van der Waals surface area contributed by atoms with E-state index in [0.717, 1.165) is 17.1 Å². The summed E-state index contributed by atoms with van der Waals surface area (Å²) in [4.78, 5) is 12.5. The van der Waals surface area contributed by atoms with Crippen LogP contribution in [-0.4, -0.2) is 22.9 Å². The number of nitrogens with zero attached hydrogens (tertiary/aromatic N) is 2. The highest BCUT2D eigenvalue weighted by Crippen LogP contribution is 2.23. The number of rotatable bonds is 5. The minimum atomic E-state index is -0.469. The molecule has 0 saturated heterocycles. The fourth-order valence-electron chi connectivity index (χ4n) is 3.03. The molecule has 2 amide bonds. The first kappa shape index (κ1) is 19.4.